The average Bonchev–Trinajstić information content (AvgIpc) is 1.86. The molecule has 0 amide bonds. The van der Waals surface area contributed by atoms with E-state index in [9.17, 15) is 4.79 Å². The average molecular weight is 154 g/mol. The Balaban J connectivity index is 4.02. The molecule has 0 spiro atoms. The van der Waals surface area contributed by atoms with Gasteiger partial charge in [0.2, 0.25) is 0 Å². The Morgan fingerprint density at radius 3 is 2.73 bits per heavy atom. The summed E-state index contributed by atoms with van der Waals surface area (Å²) in [5.41, 5.74) is 0.549. The van der Waals surface area contributed by atoms with Gasteiger partial charge in [-0.3, -0.25) is 0 Å². The largest absolute Gasteiger partial charge is 0.480 e. The number of hydrogen-bond acceptors (Lipinski definition) is 3. The number of allylic oxidation sites excluding steroid dienone is 1. The summed E-state index contributed by atoms with van der Waals surface area (Å²) in [5, 5.41) is 19.3. The van der Waals surface area contributed by atoms with Crippen LogP contribution in [0.1, 0.15) is 13.3 Å². The van der Waals surface area contributed by atoms with E-state index in [1.807, 2.05) is 0 Å². The molecule has 0 radical (unpaired) electrons. The van der Waals surface area contributed by atoms with E-state index in [0.717, 1.165) is 0 Å². The summed E-state index contributed by atoms with van der Waals surface area (Å²) in [5.74, 6) is -1.03. The van der Waals surface area contributed by atoms with Crippen molar-refractivity contribution in [1.29, 1.82) is 5.26 Å². The van der Waals surface area contributed by atoms with Gasteiger partial charge in [0.25, 0.3) is 0 Å². The maximum atomic E-state index is 10.4. The minimum atomic E-state index is -1.03. The van der Waals surface area contributed by atoms with Gasteiger partial charge in [-0.05, 0) is 6.92 Å². The lowest BCUT2D eigenvalue weighted by Crippen LogP contribution is -2.34. The predicted octanol–water partition coefficient (Wildman–Crippen LogP) is 0.476. The van der Waals surface area contributed by atoms with E-state index < -0.39 is 12.0 Å². The van der Waals surface area contributed by atoms with Crippen LogP contribution in [-0.4, -0.2) is 17.1 Å². The fourth-order valence-corrected chi connectivity index (χ4v) is 0.589. The van der Waals surface area contributed by atoms with Crippen LogP contribution >= 0.6 is 0 Å². The van der Waals surface area contributed by atoms with Gasteiger partial charge in [0.05, 0.1) is 12.5 Å². The van der Waals surface area contributed by atoms with Gasteiger partial charge >= 0.3 is 5.97 Å². The highest BCUT2D eigenvalue weighted by atomic mass is 16.4. The Morgan fingerprint density at radius 1 is 1.91 bits per heavy atom. The molecular formula is C7H10N2O2. The van der Waals surface area contributed by atoms with Gasteiger partial charge in [-0.15, -0.1) is 0 Å². The van der Waals surface area contributed by atoms with Gasteiger partial charge in [0, 0.05) is 5.70 Å². The highest BCUT2D eigenvalue weighted by Gasteiger charge is 2.15. The topological polar surface area (TPSA) is 73.1 Å². The molecule has 0 saturated heterocycles. The minimum Gasteiger partial charge on any atom is -0.480 e. The van der Waals surface area contributed by atoms with Crippen LogP contribution in [0.5, 0.6) is 0 Å². The van der Waals surface area contributed by atoms with Gasteiger partial charge < -0.3 is 10.4 Å². The number of hydrogen-bond donors (Lipinski definition) is 2. The number of aliphatic carboxylic acids is 1. The monoisotopic (exact) mass is 154 g/mol. The molecule has 1 atom stereocenters. The first kappa shape index (κ1) is 9.50. The molecular weight excluding hydrogens is 144 g/mol. The summed E-state index contributed by atoms with van der Waals surface area (Å²) in [6.07, 6.45) is -0.0534. The number of carboxylic acids is 1. The van der Waals surface area contributed by atoms with Gasteiger partial charge in [0.15, 0.2) is 0 Å². The first-order chi connectivity index (χ1) is 5.07. The van der Waals surface area contributed by atoms with Crippen LogP contribution < -0.4 is 5.32 Å². The van der Waals surface area contributed by atoms with Crippen molar-refractivity contribution < 1.29 is 9.90 Å². The molecule has 11 heavy (non-hydrogen) atoms. The number of rotatable bonds is 4. The van der Waals surface area contributed by atoms with Crippen LogP contribution in [0, 0.1) is 11.3 Å². The highest BCUT2D eigenvalue weighted by Crippen LogP contribution is 1.93. The third kappa shape index (κ3) is 3.98. The maximum Gasteiger partial charge on any atom is 0.327 e. The van der Waals surface area contributed by atoms with E-state index >= 15 is 0 Å². The lowest BCUT2D eigenvalue weighted by molar-refractivity contribution is -0.139. The van der Waals surface area contributed by atoms with E-state index in [0.29, 0.717) is 5.70 Å². The third-order valence-corrected chi connectivity index (χ3v) is 1.01. The first-order valence-corrected chi connectivity index (χ1v) is 3.09. The van der Waals surface area contributed by atoms with Crippen molar-refractivity contribution in [1.82, 2.24) is 5.32 Å². The summed E-state index contributed by atoms with van der Waals surface area (Å²) in [6, 6.07) is 0.934. The Hall–Kier alpha value is -1.50. The van der Waals surface area contributed by atoms with E-state index in [4.69, 9.17) is 10.4 Å². The van der Waals surface area contributed by atoms with Crippen molar-refractivity contribution in [3.05, 3.63) is 12.3 Å². The predicted molar refractivity (Wildman–Crippen MR) is 39.6 cm³/mol. The van der Waals surface area contributed by atoms with Gasteiger partial charge in [-0.25, -0.2) is 4.79 Å². The molecule has 0 heterocycles. The van der Waals surface area contributed by atoms with E-state index in [1.54, 1.807) is 13.0 Å². The molecule has 0 aromatic rings. The van der Waals surface area contributed by atoms with Gasteiger partial charge in [-0.1, -0.05) is 6.58 Å². The fourth-order valence-electron chi connectivity index (χ4n) is 0.589. The molecule has 1 unspecified atom stereocenters. The summed E-state index contributed by atoms with van der Waals surface area (Å²) < 4.78 is 0. The second-order valence-corrected chi connectivity index (χ2v) is 2.18. The molecule has 60 valence electrons. The summed E-state index contributed by atoms with van der Waals surface area (Å²) >= 11 is 0. The maximum absolute atomic E-state index is 10.4. The van der Waals surface area contributed by atoms with Crippen molar-refractivity contribution in [3.63, 3.8) is 0 Å². The quantitative estimate of drug-likeness (QED) is 0.617. The molecule has 0 bridgehead atoms. The zero-order valence-corrected chi connectivity index (χ0v) is 6.29. The second-order valence-electron chi connectivity index (χ2n) is 2.18. The van der Waals surface area contributed by atoms with Crippen LogP contribution in [0.4, 0.5) is 0 Å². The van der Waals surface area contributed by atoms with Crippen LogP contribution in [0.3, 0.4) is 0 Å². The molecule has 0 aliphatic carbocycles. The summed E-state index contributed by atoms with van der Waals surface area (Å²) in [4.78, 5) is 10.4. The van der Waals surface area contributed by atoms with Gasteiger partial charge in [0.1, 0.15) is 6.04 Å². The lowest BCUT2D eigenvalue weighted by atomic mass is 10.2. The van der Waals surface area contributed by atoms with E-state index in [2.05, 4.69) is 11.9 Å². The van der Waals surface area contributed by atoms with Crippen molar-refractivity contribution in [2.45, 2.75) is 19.4 Å². The smallest absolute Gasteiger partial charge is 0.327 e. The molecule has 0 aliphatic heterocycles. The number of nitrogens with one attached hydrogen (secondary N) is 1. The molecule has 2 N–H and O–H groups in total. The zero-order chi connectivity index (χ0) is 8.85. The molecule has 0 rings (SSSR count). The number of nitriles is 1. The van der Waals surface area contributed by atoms with Gasteiger partial charge in [-0.2, -0.15) is 5.26 Å². The van der Waals surface area contributed by atoms with Crippen molar-refractivity contribution in [2.24, 2.45) is 0 Å². The highest BCUT2D eigenvalue weighted by molar-refractivity contribution is 5.74. The lowest BCUT2D eigenvalue weighted by Gasteiger charge is -2.10. The Morgan fingerprint density at radius 2 is 2.45 bits per heavy atom. The van der Waals surface area contributed by atoms with Crippen molar-refractivity contribution in [2.75, 3.05) is 0 Å². The molecule has 0 saturated carbocycles. The molecule has 0 fully saturated rings. The van der Waals surface area contributed by atoms with Crippen molar-refractivity contribution in [3.8, 4) is 6.07 Å². The first-order valence-electron chi connectivity index (χ1n) is 3.09. The van der Waals surface area contributed by atoms with E-state index in [-0.39, 0.29) is 6.42 Å². The molecule has 0 aromatic heterocycles. The summed E-state index contributed by atoms with van der Waals surface area (Å²) in [7, 11) is 0. The molecule has 4 heteroatoms. The third-order valence-electron chi connectivity index (χ3n) is 1.01. The Kier molecular flexibility index (Phi) is 3.75. The fraction of sp³-hybridized carbons (Fsp3) is 0.429. The number of carboxylic acid groups (broad SMARTS) is 1. The standard InChI is InChI=1S/C7H10N2O2/c1-5(2)9-6(3-4-8)7(10)11/h6,9H,1,3H2,2H3,(H,10,11). The van der Waals surface area contributed by atoms with Crippen LogP contribution in [0.25, 0.3) is 0 Å². The normalized spacial score (nSPS) is 11.3. The second kappa shape index (κ2) is 4.34. The van der Waals surface area contributed by atoms with Crippen LogP contribution in [0.15, 0.2) is 12.3 Å². The zero-order valence-electron chi connectivity index (χ0n) is 6.29. The van der Waals surface area contributed by atoms with Crippen LogP contribution in [-0.2, 0) is 4.79 Å². The molecule has 0 aliphatic rings. The van der Waals surface area contributed by atoms with E-state index in [1.165, 1.54) is 0 Å². The minimum absolute atomic E-state index is 0.0534. The Labute approximate surface area is 65.1 Å². The summed E-state index contributed by atoms with van der Waals surface area (Å²) in [6.45, 7) is 5.12. The number of nitrogens with zero attached hydrogens (tertiary/aromatic N) is 1. The van der Waals surface area contributed by atoms with Crippen LogP contribution in [0.2, 0.25) is 0 Å². The SMILES string of the molecule is C=C(C)NC(CC#N)C(=O)O. The Bertz CT molecular complexity index is 205. The molecule has 4 nitrogen and oxygen atoms in total. The number of carbonyl (C=O) groups is 1. The van der Waals surface area contributed by atoms with Crippen molar-refractivity contribution >= 4 is 5.97 Å². The molecule has 0 aromatic carbocycles.